The quantitative estimate of drug-likeness (QED) is 0.820. The van der Waals surface area contributed by atoms with Crippen molar-refractivity contribution in [1.29, 1.82) is 0 Å². The molecule has 1 rings (SSSR count). The molecule has 0 aromatic heterocycles. The molecule has 0 radical (unpaired) electrons. The maximum atomic E-state index is 11.8. The average molecular weight is 358 g/mol. The summed E-state index contributed by atoms with van der Waals surface area (Å²) in [6.45, 7) is 5.50. The van der Waals surface area contributed by atoms with Crippen molar-refractivity contribution >= 4 is 27.8 Å². The molecular weight excluding hydrogens is 338 g/mol. The first-order chi connectivity index (χ1) is 9.70. The molecule has 1 aromatic rings. The zero-order valence-corrected chi connectivity index (χ0v) is 13.9. The summed E-state index contributed by atoms with van der Waals surface area (Å²) in [5, 5.41) is 11.7. The van der Waals surface area contributed by atoms with E-state index in [9.17, 15) is 9.59 Å². The number of carboxylic acid groups (broad SMARTS) is 1. The predicted octanol–water partition coefficient (Wildman–Crippen LogP) is 2.83. The van der Waals surface area contributed by atoms with E-state index in [0.29, 0.717) is 5.75 Å². The van der Waals surface area contributed by atoms with Crippen LogP contribution in [0.3, 0.4) is 0 Å². The zero-order chi connectivity index (χ0) is 16.0. The Morgan fingerprint density at radius 3 is 2.57 bits per heavy atom. The molecule has 116 valence electrons. The van der Waals surface area contributed by atoms with Gasteiger partial charge < -0.3 is 15.2 Å². The van der Waals surface area contributed by atoms with E-state index in [-0.39, 0.29) is 18.9 Å². The highest BCUT2D eigenvalue weighted by Gasteiger charge is 2.32. The largest absolute Gasteiger partial charge is 0.493 e. The Labute approximate surface area is 132 Å². The van der Waals surface area contributed by atoms with E-state index in [1.54, 1.807) is 32.9 Å². The number of amides is 1. The number of rotatable bonds is 6. The van der Waals surface area contributed by atoms with Crippen molar-refractivity contribution in [3.05, 3.63) is 28.7 Å². The van der Waals surface area contributed by atoms with Crippen LogP contribution in [-0.4, -0.2) is 29.6 Å². The number of nitrogens with one attached hydrogen (secondary N) is 1. The first-order valence-electron chi connectivity index (χ1n) is 6.60. The van der Waals surface area contributed by atoms with Crippen molar-refractivity contribution in [1.82, 2.24) is 5.32 Å². The van der Waals surface area contributed by atoms with E-state index in [1.165, 1.54) is 0 Å². The van der Waals surface area contributed by atoms with Gasteiger partial charge in [0.2, 0.25) is 5.91 Å². The molecule has 0 aliphatic carbocycles. The van der Waals surface area contributed by atoms with Crippen LogP contribution in [0.5, 0.6) is 5.75 Å². The van der Waals surface area contributed by atoms with Gasteiger partial charge in [0, 0.05) is 4.47 Å². The third-order valence-corrected chi connectivity index (χ3v) is 3.31. The fourth-order valence-electron chi connectivity index (χ4n) is 1.70. The maximum Gasteiger partial charge on any atom is 0.326 e. The van der Waals surface area contributed by atoms with E-state index >= 15 is 0 Å². The highest BCUT2D eigenvalue weighted by Crippen LogP contribution is 2.20. The van der Waals surface area contributed by atoms with Crippen molar-refractivity contribution < 1.29 is 19.4 Å². The summed E-state index contributed by atoms with van der Waals surface area (Å²) in [4.78, 5) is 23.0. The highest BCUT2D eigenvalue weighted by atomic mass is 79.9. The lowest BCUT2D eigenvalue weighted by atomic mass is 9.86. The maximum absolute atomic E-state index is 11.8. The van der Waals surface area contributed by atoms with Crippen molar-refractivity contribution in [2.24, 2.45) is 5.41 Å². The Kier molecular flexibility index (Phi) is 6.20. The molecule has 0 bridgehead atoms. The number of carbonyl (C=O) groups excluding carboxylic acids is 1. The standard InChI is InChI=1S/C15H20BrNO4/c1-15(2,3)13(14(19)20)17-12(18)7-8-21-11-6-4-5-10(16)9-11/h4-6,9,13H,7-8H2,1-3H3,(H,17,18)(H,19,20)/t13-/m0/s1. The summed E-state index contributed by atoms with van der Waals surface area (Å²) >= 11 is 3.33. The third-order valence-electron chi connectivity index (χ3n) is 2.81. The molecule has 0 unspecified atom stereocenters. The molecule has 0 saturated carbocycles. The number of carboxylic acids is 1. The van der Waals surface area contributed by atoms with Gasteiger partial charge in [0.05, 0.1) is 13.0 Å². The monoisotopic (exact) mass is 357 g/mol. The van der Waals surface area contributed by atoms with Crippen LogP contribution >= 0.6 is 15.9 Å². The van der Waals surface area contributed by atoms with E-state index in [1.807, 2.05) is 12.1 Å². The van der Waals surface area contributed by atoms with Gasteiger partial charge in [0.25, 0.3) is 0 Å². The summed E-state index contributed by atoms with van der Waals surface area (Å²) in [5.74, 6) is -0.723. The van der Waals surface area contributed by atoms with E-state index in [0.717, 1.165) is 4.47 Å². The molecule has 5 nitrogen and oxygen atoms in total. The van der Waals surface area contributed by atoms with Gasteiger partial charge >= 0.3 is 5.97 Å². The van der Waals surface area contributed by atoms with Crippen molar-refractivity contribution in [2.75, 3.05) is 6.61 Å². The Morgan fingerprint density at radius 2 is 2.05 bits per heavy atom. The third kappa shape index (κ3) is 6.16. The molecule has 0 aliphatic heterocycles. The Morgan fingerprint density at radius 1 is 1.38 bits per heavy atom. The van der Waals surface area contributed by atoms with E-state index < -0.39 is 17.4 Å². The van der Waals surface area contributed by atoms with Crippen molar-refractivity contribution in [3.63, 3.8) is 0 Å². The first-order valence-corrected chi connectivity index (χ1v) is 7.40. The Bertz CT molecular complexity index is 511. The zero-order valence-electron chi connectivity index (χ0n) is 12.4. The first kappa shape index (κ1) is 17.5. The molecule has 0 spiro atoms. The van der Waals surface area contributed by atoms with Crippen LogP contribution in [0.15, 0.2) is 28.7 Å². The van der Waals surface area contributed by atoms with Crippen LogP contribution in [0.4, 0.5) is 0 Å². The summed E-state index contributed by atoms with van der Waals surface area (Å²) in [6.07, 6.45) is 0.104. The molecule has 1 amide bonds. The highest BCUT2D eigenvalue weighted by molar-refractivity contribution is 9.10. The van der Waals surface area contributed by atoms with Crippen LogP contribution in [0.1, 0.15) is 27.2 Å². The molecule has 2 N–H and O–H groups in total. The van der Waals surface area contributed by atoms with Crippen molar-refractivity contribution in [2.45, 2.75) is 33.2 Å². The molecule has 0 fully saturated rings. The summed E-state index contributed by atoms with van der Waals surface area (Å²) < 4.78 is 6.34. The number of benzene rings is 1. The normalized spacial score (nSPS) is 12.6. The van der Waals surface area contributed by atoms with Gasteiger partial charge in [-0.15, -0.1) is 0 Å². The van der Waals surface area contributed by atoms with Crippen LogP contribution < -0.4 is 10.1 Å². The fourth-order valence-corrected chi connectivity index (χ4v) is 2.08. The molecule has 1 atom stereocenters. The second-order valence-electron chi connectivity index (χ2n) is 5.76. The molecule has 0 heterocycles. The van der Waals surface area contributed by atoms with Crippen molar-refractivity contribution in [3.8, 4) is 5.75 Å². The molecule has 0 aliphatic rings. The fraction of sp³-hybridized carbons (Fsp3) is 0.467. The molecule has 0 saturated heterocycles. The SMILES string of the molecule is CC(C)(C)[C@@H](NC(=O)CCOc1cccc(Br)c1)C(=O)O. The summed E-state index contributed by atoms with van der Waals surface area (Å²) in [6, 6.07) is 6.38. The molecule has 6 heteroatoms. The Hall–Kier alpha value is -1.56. The van der Waals surface area contributed by atoms with Gasteiger partial charge in [0.15, 0.2) is 0 Å². The minimum atomic E-state index is -1.04. The lowest BCUT2D eigenvalue weighted by molar-refractivity contribution is -0.145. The molecule has 21 heavy (non-hydrogen) atoms. The number of aliphatic carboxylic acids is 1. The predicted molar refractivity (Wildman–Crippen MR) is 83.3 cm³/mol. The van der Waals surface area contributed by atoms with Gasteiger partial charge in [-0.25, -0.2) is 4.79 Å². The summed E-state index contributed by atoms with van der Waals surface area (Å²) in [5.41, 5.74) is -0.549. The smallest absolute Gasteiger partial charge is 0.326 e. The number of hydrogen-bond donors (Lipinski definition) is 2. The second-order valence-corrected chi connectivity index (χ2v) is 6.68. The number of ether oxygens (including phenoxy) is 1. The number of hydrogen-bond acceptors (Lipinski definition) is 3. The minimum absolute atomic E-state index is 0.104. The van der Waals surface area contributed by atoms with Gasteiger partial charge in [-0.1, -0.05) is 42.8 Å². The number of halogens is 1. The number of carbonyl (C=O) groups is 2. The van der Waals surface area contributed by atoms with Gasteiger partial charge in [-0.05, 0) is 23.6 Å². The van der Waals surface area contributed by atoms with Gasteiger partial charge in [-0.2, -0.15) is 0 Å². The van der Waals surface area contributed by atoms with Gasteiger partial charge in [-0.3, -0.25) is 4.79 Å². The lowest BCUT2D eigenvalue weighted by Crippen LogP contribution is -2.49. The topological polar surface area (TPSA) is 75.6 Å². The van der Waals surface area contributed by atoms with Crippen LogP contribution in [0.2, 0.25) is 0 Å². The minimum Gasteiger partial charge on any atom is -0.493 e. The Balaban J connectivity index is 2.45. The molecule has 1 aromatic carbocycles. The lowest BCUT2D eigenvalue weighted by Gasteiger charge is -2.27. The van der Waals surface area contributed by atoms with Crippen LogP contribution in [-0.2, 0) is 9.59 Å². The van der Waals surface area contributed by atoms with Crippen LogP contribution in [0.25, 0.3) is 0 Å². The van der Waals surface area contributed by atoms with E-state index in [2.05, 4.69) is 21.2 Å². The van der Waals surface area contributed by atoms with Gasteiger partial charge in [0.1, 0.15) is 11.8 Å². The molecular formula is C15H20BrNO4. The second kappa shape index (κ2) is 7.45. The summed E-state index contributed by atoms with van der Waals surface area (Å²) in [7, 11) is 0. The average Bonchev–Trinajstić information content (AvgIpc) is 2.34. The van der Waals surface area contributed by atoms with Crippen LogP contribution in [0, 0.1) is 5.41 Å². The van der Waals surface area contributed by atoms with E-state index in [4.69, 9.17) is 9.84 Å².